The zero-order chi connectivity index (χ0) is 13.7. The number of carbonyl (C=O) groups excluding carboxylic acids is 2. The van der Waals surface area contributed by atoms with Gasteiger partial charge in [0.2, 0.25) is 0 Å². The molecular formula is C14H18N2O3. The van der Waals surface area contributed by atoms with E-state index in [0.29, 0.717) is 18.7 Å². The van der Waals surface area contributed by atoms with Gasteiger partial charge < -0.3 is 15.8 Å². The molecule has 0 bridgehead atoms. The first-order chi connectivity index (χ1) is 9.16. The number of carbonyl (C=O) groups is 2. The van der Waals surface area contributed by atoms with E-state index >= 15 is 0 Å². The van der Waals surface area contributed by atoms with Gasteiger partial charge in [-0.3, -0.25) is 9.59 Å². The highest BCUT2D eigenvalue weighted by atomic mass is 16.5. The summed E-state index contributed by atoms with van der Waals surface area (Å²) < 4.78 is 5.24. The molecule has 3 N–H and O–H groups in total. The molecule has 1 aromatic carbocycles. The third kappa shape index (κ3) is 3.71. The molecule has 1 aliphatic heterocycles. The van der Waals surface area contributed by atoms with Crippen LogP contribution in [0.25, 0.3) is 0 Å². The molecule has 5 heteroatoms. The first kappa shape index (κ1) is 13.4. The van der Waals surface area contributed by atoms with Crippen LogP contribution < -0.4 is 11.1 Å². The van der Waals surface area contributed by atoms with E-state index in [4.69, 9.17) is 10.5 Å². The Labute approximate surface area is 112 Å². The maximum atomic E-state index is 11.8. The molecule has 0 saturated carbocycles. The first-order valence-corrected chi connectivity index (χ1v) is 6.47. The number of nitrogens with two attached hydrogens (primary N) is 1. The molecule has 1 heterocycles. The lowest BCUT2D eigenvalue weighted by atomic mass is 10.1. The summed E-state index contributed by atoms with van der Waals surface area (Å²) >= 11 is 0. The van der Waals surface area contributed by atoms with Crippen LogP contribution in [0.3, 0.4) is 0 Å². The second kappa shape index (κ2) is 6.22. The summed E-state index contributed by atoms with van der Waals surface area (Å²) in [6, 6.07) is 7.14. The van der Waals surface area contributed by atoms with Gasteiger partial charge in [-0.05, 0) is 30.9 Å². The minimum absolute atomic E-state index is 0.0937. The lowest BCUT2D eigenvalue weighted by Gasteiger charge is -2.14. The van der Waals surface area contributed by atoms with Crippen molar-refractivity contribution in [1.82, 2.24) is 5.32 Å². The molecule has 0 spiro atoms. The Morgan fingerprint density at radius 2 is 2.16 bits per heavy atom. The molecule has 1 atom stereocenters. The number of nitrogens with one attached hydrogen (secondary N) is 1. The standard InChI is InChI=1S/C14H18N2O3/c15-11-6-2-1-5-10(11)9-13(17)19-12-7-3-4-8-16-14(12)18/h1-2,5-6,12H,3-4,7-9,15H2,(H,16,18). The van der Waals surface area contributed by atoms with E-state index in [-0.39, 0.29) is 12.3 Å². The van der Waals surface area contributed by atoms with Crippen LogP contribution in [-0.4, -0.2) is 24.5 Å². The molecular weight excluding hydrogens is 244 g/mol. The zero-order valence-electron chi connectivity index (χ0n) is 10.7. The molecule has 1 fully saturated rings. The maximum Gasteiger partial charge on any atom is 0.311 e. The van der Waals surface area contributed by atoms with Crippen LogP contribution in [0, 0.1) is 0 Å². The van der Waals surface area contributed by atoms with E-state index in [0.717, 1.165) is 18.4 Å². The van der Waals surface area contributed by atoms with E-state index in [1.807, 2.05) is 12.1 Å². The third-order valence-electron chi connectivity index (χ3n) is 3.15. The SMILES string of the molecule is Nc1ccccc1CC(=O)OC1CCCCNC1=O. The third-order valence-corrected chi connectivity index (χ3v) is 3.15. The summed E-state index contributed by atoms with van der Waals surface area (Å²) in [7, 11) is 0. The summed E-state index contributed by atoms with van der Waals surface area (Å²) in [6.07, 6.45) is 1.81. The van der Waals surface area contributed by atoms with Gasteiger partial charge in [0, 0.05) is 12.2 Å². The number of benzene rings is 1. The van der Waals surface area contributed by atoms with E-state index in [1.165, 1.54) is 0 Å². The molecule has 1 aliphatic rings. The van der Waals surface area contributed by atoms with Gasteiger partial charge in [0.1, 0.15) is 0 Å². The Balaban J connectivity index is 1.93. The van der Waals surface area contributed by atoms with Crippen LogP contribution in [0.1, 0.15) is 24.8 Å². The number of ether oxygens (including phenoxy) is 1. The van der Waals surface area contributed by atoms with Gasteiger partial charge in [0.25, 0.3) is 5.91 Å². The van der Waals surface area contributed by atoms with Crippen molar-refractivity contribution in [2.24, 2.45) is 0 Å². The van der Waals surface area contributed by atoms with Crippen LogP contribution in [0.5, 0.6) is 0 Å². The maximum absolute atomic E-state index is 11.8. The highest BCUT2D eigenvalue weighted by Gasteiger charge is 2.24. The lowest BCUT2D eigenvalue weighted by molar-refractivity contribution is -0.155. The number of nitrogen functional groups attached to an aromatic ring is 1. The largest absolute Gasteiger partial charge is 0.452 e. The second-order valence-corrected chi connectivity index (χ2v) is 4.64. The predicted octanol–water partition coefficient (Wildman–Crippen LogP) is 1.02. The van der Waals surface area contributed by atoms with E-state index in [1.54, 1.807) is 12.1 Å². The number of rotatable bonds is 3. The molecule has 102 valence electrons. The fourth-order valence-electron chi connectivity index (χ4n) is 2.07. The average molecular weight is 262 g/mol. The Kier molecular flexibility index (Phi) is 4.39. The van der Waals surface area contributed by atoms with Gasteiger partial charge in [-0.1, -0.05) is 18.2 Å². The number of amides is 1. The Bertz CT molecular complexity index is 474. The van der Waals surface area contributed by atoms with Crippen molar-refractivity contribution in [3.05, 3.63) is 29.8 Å². The predicted molar refractivity (Wildman–Crippen MR) is 71.3 cm³/mol. The van der Waals surface area contributed by atoms with Crippen LogP contribution >= 0.6 is 0 Å². The molecule has 0 aliphatic carbocycles. The fourth-order valence-corrected chi connectivity index (χ4v) is 2.07. The molecule has 5 nitrogen and oxygen atoms in total. The first-order valence-electron chi connectivity index (χ1n) is 6.47. The quantitative estimate of drug-likeness (QED) is 0.629. The van der Waals surface area contributed by atoms with Gasteiger partial charge in [0.05, 0.1) is 6.42 Å². The summed E-state index contributed by atoms with van der Waals surface area (Å²) in [5, 5.41) is 2.73. The molecule has 2 rings (SSSR count). The van der Waals surface area contributed by atoms with Crippen molar-refractivity contribution in [1.29, 1.82) is 0 Å². The van der Waals surface area contributed by atoms with Crippen LogP contribution in [0.4, 0.5) is 5.69 Å². The minimum atomic E-state index is -0.667. The normalized spacial score (nSPS) is 19.4. The summed E-state index contributed by atoms with van der Waals surface area (Å²) in [5.41, 5.74) is 7.05. The Morgan fingerprint density at radius 1 is 1.37 bits per heavy atom. The van der Waals surface area contributed by atoms with Gasteiger partial charge in [-0.25, -0.2) is 0 Å². The molecule has 1 aromatic rings. The average Bonchev–Trinajstić information content (AvgIpc) is 2.58. The van der Waals surface area contributed by atoms with E-state index < -0.39 is 12.1 Å². The van der Waals surface area contributed by atoms with Crippen molar-refractivity contribution < 1.29 is 14.3 Å². The van der Waals surface area contributed by atoms with Crippen LogP contribution in [-0.2, 0) is 20.7 Å². The number of hydrogen-bond acceptors (Lipinski definition) is 4. The van der Waals surface area contributed by atoms with E-state index in [2.05, 4.69) is 5.32 Å². The van der Waals surface area contributed by atoms with Crippen molar-refractivity contribution >= 4 is 17.6 Å². The molecule has 1 unspecified atom stereocenters. The minimum Gasteiger partial charge on any atom is -0.452 e. The fraction of sp³-hybridized carbons (Fsp3) is 0.429. The molecule has 1 saturated heterocycles. The smallest absolute Gasteiger partial charge is 0.311 e. The van der Waals surface area contributed by atoms with Crippen LogP contribution in [0.2, 0.25) is 0 Å². The number of esters is 1. The number of anilines is 1. The van der Waals surface area contributed by atoms with E-state index in [9.17, 15) is 9.59 Å². The van der Waals surface area contributed by atoms with Crippen LogP contribution in [0.15, 0.2) is 24.3 Å². The molecule has 1 amide bonds. The monoisotopic (exact) mass is 262 g/mol. The number of para-hydroxylation sites is 1. The summed E-state index contributed by atoms with van der Waals surface area (Å²) in [6.45, 7) is 0.651. The van der Waals surface area contributed by atoms with Gasteiger partial charge in [0.15, 0.2) is 6.10 Å². The summed E-state index contributed by atoms with van der Waals surface area (Å²) in [4.78, 5) is 23.5. The summed E-state index contributed by atoms with van der Waals surface area (Å²) in [5.74, 6) is -0.619. The highest BCUT2D eigenvalue weighted by molar-refractivity contribution is 5.84. The topological polar surface area (TPSA) is 81.4 Å². The molecule has 0 aromatic heterocycles. The second-order valence-electron chi connectivity index (χ2n) is 4.64. The Morgan fingerprint density at radius 3 is 2.95 bits per heavy atom. The van der Waals surface area contributed by atoms with Gasteiger partial charge in [-0.15, -0.1) is 0 Å². The lowest BCUT2D eigenvalue weighted by Crippen LogP contribution is -2.36. The molecule has 19 heavy (non-hydrogen) atoms. The van der Waals surface area contributed by atoms with Gasteiger partial charge in [-0.2, -0.15) is 0 Å². The van der Waals surface area contributed by atoms with Crippen molar-refractivity contribution in [2.45, 2.75) is 31.8 Å². The van der Waals surface area contributed by atoms with Gasteiger partial charge >= 0.3 is 5.97 Å². The highest BCUT2D eigenvalue weighted by Crippen LogP contribution is 2.14. The van der Waals surface area contributed by atoms with Crippen molar-refractivity contribution in [3.63, 3.8) is 0 Å². The Hall–Kier alpha value is -2.04. The molecule has 0 radical (unpaired) electrons. The number of hydrogen-bond donors (Lipinski definition) is 2. The van der Waals surface area contributed by atoms with Crippen molar-refractivity contribution in [2.75, 3.05) is 12.3 Å². The zero-order valence-corrected chi connectivity index (χ0v) is 10.7. The van der Waals surface area contributed by atoms with Crippen molar-refractivity contribution in [3.8, 4) is 0 Å².